The van der Waals surface area contributed by atoms with Crippen LogP contribution in [0.4, 0.5) is 4.79 Å². The molecule has 5 unspecified atom stereocenters. The molecule has 12 heteroatoms. The van der Waals surface area contributed by atoms with Crippen LogP contribution >= 0.6 is 0 Å². The molecule has 0 spiro atoms. The van der Waals surface area contributed by atoms with Gasteiger partial charge in [-0.15, -0.1) is 0 Å². The minimum atomic E-state index is -0.713. The van der Waals surface area contributed by atoms with Gasteiger partial charge in [0.05, 0.1) is 43.4 Å². The standard InChI is InChI=1S/C37H52BN3O8/c1-34(2,3)46-32(43)26-13-11-12-23(31(26)45-10)18-29(38-48-28-20-24-19-27(36(24,7)8)37(28,9)49-38)41-30(42)17-22-14-15-39-25(16-22)21-40-33(44)47-35(4,5)6/h11-16,24,27-29H,17-21H2,1-10H3,(H,40,44)(H,41,42). The lowest BCUT2D eigenvalue weighted by Gasteiger charge is -2.64. The molecule has 2 bridgehead atoms. The lowest BCUT2D eigenvalue weighted by Crippen LogP contribution is -2.65. The lowest BCUT2D eigenvalue weighted by molar-refractivity contribution is -0.199. The average Bonchev–Trinajstić information content (AvgIpc) is 3.35. The zero-order valence-corrected chi connectivity index (χ0v) is 30.6. The Hall–Kier alpha value is -3.64. The van der Waals surface area contributed by atoms with Crippen molar-refractivity contribution < 1.29 is 37.9 Å². The number of amides is 2. The number of esters is 1. The molecule has 6 rings (SSSR count). The molecule has 3 aliphatic carbocycles. The van der Waals surface area contributed by atoms with E-state index in [0.29, 0.717) is 34.4 Å². The van der Waals surface area contributed by atoms with Crippen LogP contribution in [0.2, 0.25) is 0 Å². The molecule has 2 N–H and O–H groups in total. The van der Waals surface area contributed by atoms with Crippen LogP contribution in [0.15, 0.2) is 36.5 Å². The molecule has 2 amide bonds. The van der Waals surface area contributed by atoms with E-state index in [1.165, 1.54) is 7.11 Å². The summed E-state index contributed by atoms with van der Waals surface area (Å²) in [6, 6.07) is 8.90. The molecule has 4 fully saturated rings. The van der Waals surface area contributed by atoms with E-state index in [2.05, 4.69) is 36.4 Å². The third-order valence-corrected chi connectivity index (χ3v) is 10.1. The number of carbonyl (C=O) groups excluding carboxylic acids is 3. The van der Waals surface area contributed by atoms with Gasteiger partial charge in [0, 0.05) is 6.20 Å². The highest BCUT2D eigenvalue weighted by Gasteiger charge is 2.68. The first kappa shape index (κ1) is 36.6. The molecule has 2 heterocycles. The third-order valence-electron chi connectivity index (χ3n) is 10.1. The van der Waals surface area contributed by atoms with E-state index < -0.39 is 41.9 Å². The van der Waals surface area contributed by atoms with Gasteiger partial charge in [0.15, 0.2) is 0 Å². The molecule has 4 aliphatic rings. The largest absolute Gasteiger partial charge is 0.496 e. The second-order valence-electron chi connectivity index (χ2n) is 16.4. The minimum absolute atomic E-state index is 0.0681. The van der Waals surface area contributed by atoms with Crippen molar-refractivity contribution in [2.24, 2.45) is 17.3 Å². The summed E-state index contributed by atoms with van der Waals surface area (Å²) in [5.74, 6) is -0.0101. The number of carbonyl (C=O) groups is 3. The zero-order valence-electron chi connectivity index (χ0n) is 30.6. The summed E-state index contributed by atoms with van der Waals surface area (Å²) in [6.07, 6.45) is 3.36. The summed E-state index contributed by atoms with van der Waals surface area (Å²) in [7, 11) is 0.807. The molecule has 1 aromatic heterocycles. The molecule has 2 aromatic rings. The van der Waals surface area contributed by atoms with Crippen LogP contribution < -0.4 is 15.4 Å². The van der Waals surface area contributed by atoms with E-state index >= 15 is 0 Å². The van der Waals surface area contributed by atoms with Crippen LogP contribution in [0.3, 0.4) is 0 Å². The van der Waals surface area contributed by atoms with Gasteiger partial charge in [-0.05, 0) is 114 Å². The maximum absolute atomic E-state index is 13.7. The summed E-state index contributed by atoms with van der Waals surface area (Å²) >= 11 is 0. The van der Waals surface area contributed by atoms with Gasteiger partial charge in [0.2, 0.25) is 5.91 Å². The number of ether oxygens (including phenoxy) is 3. The molecule has 266 valence electrons. The van der Waals surface area contributed by atoms with Crippen molar-refractivity contribution in [2.75, 3.05) is 7.11 Å². The first-order valence-corrected chi connectivity index (χ1v) is 17.2. The number of methoxy groups -OCH3 is 1. The monoisotopic (exact) mass is 677 g/mol. The number of benzene rings is 1. The second-order valence-corrected chi connectivity index (χ2v) is 16.4. The van der Waals surface area contributed by atoms with Crippen LogP contribution in [0.5, 0.6) is 5.75 Å². The molecule has 49 heavy (non-hydrogen) atoms. The molecule has 0 radical (unpaired) electrons. The van der Waals surface area contributed by atoms with E-state index in [1.807, 2.05) is 26.8 Å². The van der Waals surface area contributed by atoms with Crippen LogP contribution in [0.25, 0.3) is 0 Å². The van der Waals surface area contributed by atoms with E-state index in [1.54, 1.807) is 51.2 Å². The topological polar surface area (TPSA) is 134 Å². The van der Waals surface area contributed by atoms with E-state index in [9.17, 15) is 14.4 Å². The van der Waals surface area contributed by atoms with Crippen molar-refractivity contribution in [3.8, 4) is 5.75 Å². The number of alkyl carbamates (subject to hydrolysis) is 1. The number of nitrogens with zero attached hydrogens (tertiary/aromatic N) is 1. The maximum Gasteiger partial charge on any atom is 0.482 e. The van der Waals surface area contributed by atoms with Crippen LogP contribution in [0.1, 0.15) is 102 Å². The van der Waals surface area contributed by atoms with Crippen LogP contribution in [-0.2, 0) is 43.0 Å². The van der Waals surface area contributed by atoms with Crippen molar-refractivity contribution in [1.82, 2.24) is 15.6 Å². The predicted octanol–water partition coefficient (Wildman–Crippen LogP) is 5.61. The molecule has 1 aromatic carbocycles. The quantitative estimate of drug-likeness (QED) is 0.243. The second kappa shape index (κ2) is 13.6. The van der Waals surface area contributed by atoms with Gasteiger partial charge in [-0.1, -0.05) is 26.0 Å². The van der Waals surface area contributed by atoms with Crippen molar-refractivity contribution in [1.29, 1.82) is 0 Å². The van der Waals surface area contributed by atoms with Gasteiger partial charge in [-0.2, -0.15) is 0 Å². The van der Waals surface area contributed by atoms with Crippen LogP contribution in [-0.4, -0.2) is 66.0 Å². The molecule has 3 saturated carbocycles. The molecule has 5 atom stereocenters. The highest BCUT2D eigenvalue weighted by molar-refractivity contribution is 6.48. The summed E-state index contributed by atoms with van der Waals surface area (Å²) < 4.78 is 30.2. The molecular weight excluding hydrogens is 625 g/mol. The number of hydrogen-bond acceptors (Lipinski definition) is 9. The summed E-state index contributed by atoms with van der Waals surface area (Å²) in [6.45, 7) is 17.8. The normalized spacial score (nSPS) is 24.6. The van der Waals surface area contributed by atoms with Gasteiger partial charge in [0.25, 0.3) is 0 Å². The molecule has 1 aliphatic heterocycles. The predicted molar refractivity (Wildman–Crippen MR) is 185 cm³/mol. The Morgan fingerprint density at radius 1 is 1.04 bits per heavy atom. The van der Waals surface area contributed by atoms with E-state index in [-0.39, 0.29) is 36.8 Å². The van der Waals surface area contributed by atoms with Crippen LogP contribution in [0, 0.1) is 17.3 Å². The summed E-state index contributed by atoms with van der Waals surface area (Å²) in [5, 5.41) is 5.90. The molecular formula is C37H52BN3O8. The highest BCUT2D eigenvalue weighted by atomic mass is 16.7. The Kier molecular flexibility index (Phi) is 10.2. The van der Waals surface area contributed by atoms with Gasteiger partial charge >= 0.3 is 19.2 Å². The van der Waals surface area contributed by atoms with Gasteiger partial charge < -0.3 is 34.2 Å². The van der Waals surface area contributed by atoms with Crippen molar-refractivity contribution >= 4 is 25.1 Å². The van der Waals surface area contributed by atoms with Crippen molar-refractivity contribution in [3.63, 3.8) is 0 Å². The highest BCUT2D eigenvalue weighted by Crippen LogP contribution is 2.65. The van der Waals surface area contributed by atoms with E-state index in [4.69, 9.17) is 23.5 Å². The maximum atomic E-state index is 13.7. The molecule has 11 nitrogen and oxygen atoms in total. The van der Waals surface area contributed by atoms with Gasteiger partial charge in [-0.3, -0.25) is 9.78 Å². The Morgan fingerprint density at radius 2 is 1.76 bits per heavy atom. The smallest absolute Gasteiger partial charge is 0.482 e. The fraction of sp³-hybridized carbons (Fsp3) is 0.622. The fourth-order valence-corrected chi connectivity index (χ4v) is 7.66. The number of aromatic nitrogens is 1. The Bertz CT molecular complexity index is 1570. The lowest BCUT2D eigenvalue weighted by atomic mass is 9.43. The number of rotatable bonds is 10. The average molecular weight is 678 g/mol. The minimum Gasteiger partial charge on any atom is -0.496 e. The zero-order chi connectivity index (χ0) is 35.9. The van der Waals surface area contributed by atoms with E-state index in [0.717, 1.165) is 18.4 Å². The van der Waals surface area contributed by atoms with Gasteiger partial charge in [-0.25, -0.2) is 9.59 Å². The Morgan fingerprint density at radius 3 is 2.41 bits per heavy atom. The SMILES string of the molecule is COc1c(CC(NC(=O)Cc2ccnc(CNC(=O)OC(C)(C)C)c2)B2OC3CC4CC(C4(C)C)C3(C)O2)cccc1C(=O)OC(C)(C)C. The van der Waals surface area contributed by atoms with Gasteiger partial charge in [0.1, 0.15) is 22.5 Å². The molecule has 1 saturated heterocycles. The Balaban J connectivity index is 1.36. The first-order chi connectivity index (χ1) is 22.8. The number of pyridine rings is 1. The number of hydrogen-bond donors (Lipinski definition) is 2. The fourth-order valence-electron chi connectivity index (χ4n) is 7.66. The third kappa shape index (κ3) is 8.23. The van der Waals surface area contributed by atoms with Crippen molar-refractivity contribution in [2.45, 2.75) is 123 Å². The number of nitrogens with one attached hydrogen (secondary N) is 2. The first-order valence-electron chi connectivity index (χ1n) is 17.2. The summed E-state index contributed by atoms with van der Waals surface area (Å²) in [4.78, 5) is 43.4. The number of para-hydroxylation sites is 1. The Labute approximate surface area is 290 Å². The van der Waals surface area contributed by atoms with Crippen molar-refractivity contribution in [3.05, 3.63) is 58.9 Å². The summed E-state index contributed by atoms with van der Waals surface area (Å²) in [5.41, 5.74) is 0.728.